The van der Waals surface area contributed by atoms with E-state index in [4.69, 9.17) is 17.0 Å². The summed E-state index contributed by atoms with van der Waals surface area (Å²) in [6, 6.07) is 2.00. The molecule has 1 rings (SSSR count). The molecule has 3 N–H and O–H groups in total. The molecule has 78 valence electrons. The van der Waals surface area contributed by atoms with Crippen LogP contribution in [0.1, 0.15) is 5.56 Å². The van der Waals surface area contributed by atoms with Gasteiger partial charge in [0.15, 0.2) is 5.11 Å². The van der Waals surface area contributed by atoms with E-state index < -0.39 is 0 Å². The van der Waals surface area contributed by atoms with Gasteiger partial charge in [-0.2, -0.15) is 0 Å². The summed E-state index contributed by atoms with van der Waals surface area (Å²) < 4.78 is 4.89. The van der Waals surface area contributed by atoms with Crippen LogP contribution in [-0.2, 0) is 11.3 Å². The van der Waals surface area contributed by atoms with Gasteiger partial charge < -0.3 is 20.4 Å². The van der Waals surface area contributed by atoms with Crippen LogP contribution in [0, 0.1) is 0 Å². The van der Waals surface area contributed by atoms with E-state index in [0.717, 1.165) is 13.1 Å². The van der Waals surface area contributed by atoms with Gasteiger partial charge in [-0.25, -0.2) is 0 Å². The molecule has 1 heterocycles. The Hall–Kier alpha value is -1.07. The van der Waals surface area contributed by atoms with Gasteiger partial charge in [-0.15, -0.1) is 0 Å². The van der Waals surface area contributed by atoms with Crippen molar-refractivity contribution in [1.82, 2.24) is 15.6 Å². The number of H-pyrrole nitrogens is 1. The lowest BCUT2D eigenvalue weighted by molar-refractivity contribution is 0.204. The van der Waals surface area contributed by atoms with E-state index in [0.29, 0.717) is 11.7 Å². The number of thiocarbonyl (C=S) groups is 1. The average molecular weight is 213 g/mol. The minimum absolute atomic E-state index is 0.656. The number of ether oxygens (including phenoxy) is 1. The van der Waals surface area contributed by atoms with E-state index in [2.05, 4.69) is 15.6 Å². The molecule has 0 aliphatic rings. The van der Waals surface area contributed by atoms with E-state index in [9.17, 15) is 0 Å². The maximum Gasteiger partial charge on any atom is 0.166 e. The highest BCUT2D eigenvalue weighted by atomic mass is 32.1. The zero-order valence-electron chi connectivity index (χ0n) is 8.17. The molecule has 1 aromatic rings. The van der Waals surface area contributed by atoms with Gasteiger partial charge in [0.25, 0.3) is 0 Å². The maximum absolute atomic E-state index is 5.05. The molecule has 0 bridgehead atoms. The van der Waals surface area contributed by atoms with Crippen molar-refractivity contribution in [3.8, 4) is 0 Å². The Morgan fingerprint density at radius 1 is 1.57 bits per heavy atom. The molecule has 0 saturated heterocycles. The maximum atomic E-state index is 5.05. The zero-order chi connectivity index (χ0) is 10.2. The first-order valence-corrected chi connectivity index (χ1v) is 4.86. The zero-order valence-corrected chi connectivity index (χ0v) is 8.99. The highest BCUT2D eigenvalue weighted by molar-refractivity contribution is 7.80. The number of hydrogen-bond acceptors (Lipinski definition) is 2. The fourth-order valence-corrected chi connectivity index (χ4v) is 1.15. The van der Waals surface area contributed by atoms with Gasteiger partial charge in [-0.3, -0.25) is 0 Å². The minimum atomic E-state index is 0.656. The summed E-state index contributed by atoms with van der Waals surface area (Å²) in [7, 11) is 1.66. The van der Waals surface area contributed by atoms with Crippen molar-refractivity contribution in [2.75, 3.05) is 20.3 Å². The van der Waals surface area contributed by atoms with Crippen molar-refractivity contribution in [2.24, 2.45) is 0 Å². The smallest absolute Gasteiger partial charge is 0.166 e. The predicted molar refractivity (Wildman–Crippen MR) is 60.1 cm³/mol. The molecule has 0 aromatic carbocycles. The molecule has 0 unspecified atom stereocenters. The molecule has 0 aliphatic heterocycles. The van der Waals surface area contributed by atoms with Gasteiger partial charge >= 0.3 is 0 Å². The number of hydrogen-bond donors (Lipinski definition) is 3. The van der Waals surface area contributed by atoms with Crippen molar-refractivity contribution >= 4 is 17.3 Å². The fraction of sp³-hybridized carbons (Fsp3) is 0.444. The first kappa shape index (κ1) is 11.0. The van der Waals surface area contributed by atoms with Crippen molar-refractivity contribution < 1.29 is 4.74 Å². The third-order valence-corrected chi connectivity index (χ3v) is 2.00. The summed E-state index contributed by atoms with van der Waals surface area (Å²) in [5.41, 5.74) is 1.18. The number of aromatic nitrogens is 1. The Morgan fingerprint density at radius 3 is 3.07 bits per heavy atom. The van der Waals surface area contributed by atoms with Crippen molar-refractivity contribution in [3.05, 3.63) is 24.0 Å². The molecule has 0 spiro atoms. The van der Waals surface area contributed by atoms with E-state index in [-0.39, 0.29) is 0 Å². The van der Waals surface area contributed by atoms with E-state index >= 15 is 0 Å². The minimum Gasteiger partial charge on any atom is -0.383 e. The first-order chi connectivity index (χ1) is 6.83. The summed E-state index contributed by atoms with van der Waals surface area (Å²) >= 11 is 5.05. The number of methoxy groups -OCH3 is 1. The van der Waals surface area contributed by atoms with Gasteiger partial charge in [-0.05, 0) is 23.8 Å². The third kappa shape index (κ3) is 4.25. The fourth-order valence-electron chi connectivity index (χ4n) is 0.980. The van der Waals surface area contributed by atoms with Gasteiger partial charge in [0.05, 0.1) is 6.61 Å². The van der Waals surface area contributed by atoms with Crippen LogP contribution in [0.3, 0.4) is 0 Å². The monoisotopic (exact) mass is 213 g/mol. The van der Waals surface area contributed by atoms with E-state index in [1.807, 2.05) is 18.5 Å². The molecule has 0 radical (unpaired) electrons. The molecule has 4 nitrogen and oxygen atoms in total. The second-order valence-corrected chi connectivity index (χ2v) is 3.23. The van der Waals surface area contributed by atoms with Gasteiger partial charge in [0.1, 0.15) is 0 Å². The van der Waals surface area contributed by atoms with E-state index in [1.54, 1.807) is 7.11 Å². The SMILES string of the molecule is COCCNC(=S)NCc1cc[nH]c1. The summed E-state index contributed by atoms with van der Waals surface area (Å²) in [6.45, 7) is 2.13. The quantitative estimate of drug-likeness (QED) is 0.496. The Bertz CT molecular complexity index is 261. The number of nitrogens with one attached hydrogen (secondary N) is 3. The highest BCUT2D eigenvalue weighted by Gasteiger charge is 1.95. The molecular formula is C9H15N3OS. The van der Waals surface area contributed by atoms with Crippen LogP contribution in [0.5, 0.6) is 0 Å². The first-order valence-electron chi connectivity index (χ1n) is 4.45. The van der Waals surface area contributed by atoms with Gasteiger partial charge in [0.2, 0.25) is 0 Å². The molecule has 0 amide bonds. The molecule has 14 heavy (non-hydrogen) atoms. The Kier molecular flexibility index (Phi) is 5.03. The van der Waals surface area contributed by atoms with Gasteiger partial charge in [0, 0.05) is 32.6 Å². The molecule has 5 heteroatoms. The molecule has 0 aliphatic carbocycles. The summed E-state index contributed by atoms with van der Waals surface area (Å²) in [4.78, 5) is 2.98. The topological polar surface area (TPSA) is 49.1 Å². The number of aromatic amines is 1. The second-order valence-electron chi connectivity index (χ2n) is 2.82. The van der Waals surface area contributed by atoms with Crippen LogP contribution in [0.15, 0.2) is 18.5 Å². The highest BCUT2D eigenvalue weighted by Crippen LogP contribution is 1.94. The molecular weight excluding hydrogens is 198 g/mol. The Morgan fingerprint density at radius 2 is 2.43 bits per heavy atom. The van der Waals surface area contributed by atoms with Crippen LogP contribution >= 0.6 is 12.2 Å². The summed E-state index contributed by atoms with van der Waals surface area (Å²) in [5, 5.41) is 6.78. The van der Waals surface area contributed by atoms with Crippen LogP contribution in [0.2, 0.25) is 0 Å². The molecule has 1 aromatic heterocycles. The van der Waals surface area contributed by atoms with E-state index in [1.165, 1.54) is 5.56 Å². The lowest BCUT2D eigenvalue weighted by Gasteiger charge is -2.08. The van der Waals surface area contributed by atoms with Crippen molar-refractivity contribution in [2.45, 2.75) is 6.54 Å². The van der Waals surface area contributed by atoms with Crippen LogP contribution < -0.4 is 10.6 Å². The second kappa shape index (κ2) is 6.39. The molecule has 0 fully saturated rings. The normalized spacial score (nSPS) is 9.79. The predicted octanol–water partition coefficient (Wildman–Crippen LogP) is 0.625. The van der Waals surface area contributed by atoms with Crippen molar-refractivity contribution in [1.29, 1.82) is 0 Å². The lowest BCUT2D eigenvalue weighted by atomic mass is 10.3. The largest absolute Gasteiger partial charge is 0.383 e. The lowest BCUT2D eigenvalue weighted by Crippen LogP contribution is -2.36. The summed E-state index contributed by atoms with van der Waals surface area (Å²) in [6.07, 6.45) is 3.82. The summed E-state index contributed by atoms with van der Waals surface area (Å²) in [5.74, 6) is 0. The van der Waals surface area contributed by atoms with Crippen LogP contribution in [0.4, 0.5) is 0 Å². The van der Waals surface area contributed by atoms with Gasteiger partial charge in [-0.1, -0.05) is 0 Å². The molecule has 0 saturated carbocycles. The van der Waals surface area contributed by atoms with Crippen LogP contribution in [-0.4, -0.2) is 30.4 Å². The third-order valence-electron chi connectivity index (χ3n) is 1.71. The van der Waals surface area contributed by atoms with Crippen LogP contribution in [0.25, 0.3) is 0 Å². The van der Waals surface area contributed by atoms with Crippen molar-refractivity contribution in [3.63, 3.8) is 0 Å². The number of rotatable bonds is 5. The average Bonchev–Trinajstić information content (AvgIpc) is 2.68. The molecule has 0 atom stereocenters. The Labute approximate surface area is 89.0 Å². The Balaban J connectivity index is 2.09. The standard InChI is InChI=1S/C9H15N3OS/c1-13-5-4-11-9(14)12-7-8-2-3-10-6-8/h2-3,6,10H,4-5,7H2,1H3,(H2,11,12,14).